The van der Waals surface area contributed by atoms with E-state index >= 15 is 0 Å². The summed E-state index contributed by atoms with van der Waals surface area (Å²) < 4.78 is 8.27. The fourth-order valence-corrected chi connectivity index (χ4v) is 4.54. The second kappa shape index (κ2) is 7.08. The predicted molar refractivity (Wildman–Crippen MR) is 117 cm³/mol. The first-order valence-corrected chi connectivity index (χ1v) is 10.4. The van der Waals surface area contributed by atoms with E-state index in [1.807, 2.05) is 60.8 Å². The number of nitrogens with zero attached hydrogens (tertiary/aromatic N) is 5. The Labute approximate surface area is 187 Å². The van der Waals surface area contributed by atoms with Crippen molar-refractivity contribution in [3.05, 3.63) is 99.3 Å². The van der Waals surface area contributed by atoms with Gasteiger partial charge in [0.2, 0.25) is 5.95 Å². The zero-order valence-corrected chi connectivity index (χ0v) is 17.4. The van der Waals surface area contributed by atoms with Crippen molar-refractivity contribution < 1.29 is 4.74 Å². The highest BCUT2D eigenvalue weighted by atomic mass is 35.5. The number of benzene rings is 2. The average Bonchev–Trinajstić information content (AvgIpc) is 3.26. The molecule has 2 aromatic heterocycles. The van der Waals surface area contributed by atoms with E-state index in [9.17, 15) is 0 Å². The lowest BCUT2D eigenvalue weighted by molar-refractivity contribution is 0.222. The van der Waals surface area contributed by atoms with Crippen LogP contribution in [0.25, 0.3) is 5.70 Å². The number of anilines is 1. The molecule has 0 saturated carbocycles. The summed E-state index contributed by atoms with van der Waals surface area (Å²) in [6.45, 7) is 0. The van der Waals surface area contributed by atoms with Gasteiger partial charge in [0.05, 0.1) is 5.70 Å². The molecule has 6 rings (SSSR count). The molecule has 2 unspecified atom stereocenters. The van der Waals surface area contributed by atoms with Crippen LogP contribution in [0.5, 0.6) is 5.75 Å². The van der Waals surface area contributed by atoms with E-state index in [0.717, 1.165) is 28.0 Å². The van der Waals surface area contributed by atoms with Gasteiger partial charge >= 0.3 is 0 Å². The van der Waals surface area contributed by atoms with E-state index in [2.05, 4.69) is 25.8 Å². The van der Waals surface area contributed by atoms with Crippen molar-refractivity contribution in [2.45, 2.75) is 12.1 Å². The van der Waals surface area contributed by atoms with Gasteiger partial charge in [-0.15, -0.1) is 0 Å². The molecule has 2 aliphatic rings. The van der Waals surface area contributed by atoms with Crippen LogP contribution in [0.3, 0.4) is 0 Å². The Morgan fingerprint density at radius 2 is 1.84 bits per heavy atom. The summed E-state index contributed by atoms with van der Waals surface area (Å²) in [7, 11) is 0. The summed E-state index contributed by atoms with van der Waals surface area (Å²) in [6, 6.07) is 16.8. The number of pyridine rings is 1. The molecule has 0 fully saturated rings. The van der Waals surface area contributed by atoms with Crippen molar-refractivity contribution in [3.63, 3.8) is 0 Å². The summed E-state index contributed by atoms with van der Waals surface area (Å²) in [6.07, 6.45) is 3.13. The summed E-state index contributed by atoms with van der Waals surface area (Å²) in [5.41, 5.74) is 4.53. The van der Waals surface area contributed by atoms with Crippen molar-refractivity contribution in [2.75, 3.05) is 5.32 Å². The number of halogens is 2. The van der Waals surface area contributed by atoms with Crippen LogP contribution in [0.1, 0.15) is 28.8 Å². The minimum Gasteiger partial charge on any atom is -0.480 e. The number of nitrogens with one attached hydrogen (secondary N) is 1. The van der Waals surface area contributed by atoms with Crippen LogP contribution < -0.4 is 10.1 Å². The van der Waals surface area contributed by atoms with Crippen LogP contribution in [-0.4, -0.2) is 25.2 Å². The van der Waals surface area contributed by atoms with Gasteiger partial charge in [-0.1, -0.05) is 46.5 Å². The molecule has 4 heterocycles. The van der Waals surface area contributed by atoms with Crippen molar-refractivity contribution >= 4 is 34.8 Å². The molecule has 2 aromatic carbocycles. The molecule has 0 bridgehead atoms. The maximum atomic E-state index is 6.52. The highest BCUT2D eigenvalue weighted by Gasteiger charge is 2.41. The van der Waals surface area contributed by atoms with Gasteiger partial charge in [-0.05, 0) is 58.0 Å². The molecule has 2 atom stereocenters. The number of fused-ring (bicyclic) bond motifs is 3. The molecular weight excluding hydrogens is 435 g/mol. The number of rotatable bonds is 2. The van der Waals surface area contributed by atoms with E-state index in [1.54, 1.807) is 10.9 Å². The number of hydrogen-bond acceptors (Lipinski definition) is 6. The summed E-state index contributed by atoms with van der Waals surface area (Å²) >= 11 is 12.7. The number of ether oxygens (including phenoxy) is 1. The minimum atomic E-state index is -0.419. The molecule has 0 saturated heterocycles. The van der Waals surface area contributed by atoms with E-state index in [0.29, 0.717) is 21.7 Å². The topological polar surface area (TPSA) is 77.8 Å². The smallest absolute Gasteiger partial charge is 0.248 e. The molecule has 0 spiro atoms. The zero-order chi connectivity index (χ0) is 20.9. The highest BCUT2D eigenvalue weighted by Crippen LogP contribution is 2.50. The highest BCUT2D eigenvalue weighted by molar-refractivity contribution is 6.31. The molecule has 4 aromatic rings. The van der Waals surface area contributed by atoms with Gasteiger partial charge in [0.1, 0.15) is 17.9 Å². The van der Waals surface area contributed by atoms with E-state index in [1.165, 1.54) is 0 Å². The van der Waals surface area contributed by atoms with Gasteiger partial charge in [0.25, 0.3) is 0 Å². The second-order valence-corrected chi connectivity index (χ2v) is 8.16. The molecule has 9 heteroatoms. The molecule has 1 N–H and O–H groups in total. The van der Waals surface area contributed by atoms with E-state index < -0.39 is 6.10 Å². The monoisotopic (exact) mass is 448 g/mol. The van der Waals surface area contributed by atoms with Gasteiger partial charge in [-0.3, -0.25) is 4.98 Å². The Kier molecular flexibility index (Phi) is 4.19. The predicted octanol–water partition coefficient (Wildman–Crippen LogP) is 4.93. The Balaban J connectivity index is 1.65. The molecule has 0 amide bonds. The largest absolute Gasteiger partial charge is 0.480 e. The normalized spacial score (nSPS) is 19.0. The van der Waals surface area contributed by atoms with Crippen LogP contribution in [-0.2, 0) is 0 Å². The van der Waals surface area contributed by atoms with Gasteiger partial charge in [-0.2, -0.15) is 4.68 Å². The van der Waals surface area contributed by atoms with Gasteiger partial charge in [0.15, 0.2) is 0 Å². The van der Waals surface area contributed by atoms with Crippen molar-refractivity contribution in [1.29, 1.82) is 0 Å². The molecule has 7 nitrogen and oxygen atoms in total. The molecule has 0 radical (unpaired) electrons. The lowest BCUT2D eigenvalue weighted by Crippen LogP contribution is -2.32. The third kappa shape index (κ3) is 2.97. The van der Waals surface area contributed by atoms with Crippen molar-refractivity contribution in [2.24, 2.45) is 0 Å². The third-order valence-corrected chi connectivity index (χ3v) is 5.92. The van der Waals surface area contributed by atoms with Crippen LogP contribution in [0.15, 0.2) is 72.6 Å². The van der Waals surface area contributed by atoms with Gasteiger partial charge in [-0.25, -0.2) is 0 Å². The third-order valence-electron chi connectivity index (χ3n) is 5.45. The second-order valence-electron chi connectivity index (χ2n) is 7.28. The number of hydrogen-bond donors (Lipinski definition) is 1. The number of aromatic nitrogens is 5. The lowest BCUT2D eigenvalue weighted by Gasteiger charge is -2.38. The fourth-order valence-electron chi connectivity index (χ4n) is 4.17. The first kappa shape index (κ1) is 18.4. The fraction of sp³-hybridized carbons (Fsp3) is 0.0909. The van der Waals surface area contributed by atoms with Crippen LogP contribution in [0.4, 0.5) is 5.95 Å². The summed E-state index contributed by atoms with van der Waals surface area (Å²) in [5, 5.41) is 16.9. The number of tetrazole rings is 1. The first-order chi connectivity index (χ1) is 15.2. The maximum absolute atomic E-state index is 6.52. The van der Waals surface area contributed by atoms with Gasteiger partial charge < -0.3 is 10.1 Å². The zero-order valence-electron chi connectivity index (χ0n) is 15.9. The van der Waals surface area contributed by atoms with E-state index in [4.69, 9.17) is 27.9 Å². The molecule has 31 heavy (non-hydrogen) atoms. The summed E-state index contributed by atoms with van der Waals surface area (Å²) in [4.78, 5) is 4.32. The SMILES string of the molecule is Clc1cccc(C2Oc3ccc(Cl)cc3C3=C2C(c2cccnc2)n2nnnc2N3)c1. The standard InChI is InChI=1S/C22H14Cl2N6O/c23-14-5-1-3-12(9-14)21-18-19(16-10-15(24)6-7-17(16)31-21)26-22-27-28-29-30(22)20(18)13-4-2-8-25-11-13/h1-11,20-21H,(H,26,27,29). The Hall–Kier alpha value is -3.42. The van der Waals surface area contributed by atoms with Crippen molar-refractivity contribution in [3.8, 4) is 5.75 Å². The Morgan fingerprint density at radius 3 is 2.68 bits per heavy atom. The molecule has 0 aliphatic carbocycles. The summed E-state index contributed by atoms with van der Waals surface area (Å²) in [5.74, 6) is 1.25. The van der Waals surface area contributed by atoms with Crippen LogP contribution >= 0.6 is 23.2 Å². The minimum absolute atomic E-state index is 0.328. The molecule has 152 valence electrons. The van der Waals surface area contributed by atoms with E-state index in [-0.39, 0.29) is 6.04 Å². The lowest BCUT2D eigenvalue weighted by atomic mass is 9.85. The van der Waals surface area contributed by atoms with Crippen molar-refractivity contribution in [1.82, 2.24) is 25.2 Å². The maximum Gasteiger partial charge on any atom is 0.248 e. The molecular formula is C22H14Cl2N6O. The Bertz CT molecular complexity index is 1340. The average molecular weight is 449 g/mol. The van der Waals surface area contributed by atoms with Crippen LogP contribution in [0.2, 0.25) is 10.0 Å². The quantitative estimate of drug-likeness (QED) is 0.468. The first-order valence-electron chi connectivity index (χ1n) is 9.60. The van der Waals surface area contributed by atoms with Gasteiger partial charge in [0, 0.05) is 33.6 Å². The van der Waals surface area contributed by atoms with Crippen LogP contribution in [0, 0.1) is 0 Å². The molecule has 2 aliphatic heterocycles. The Morgan fingerprint density at radius 1 is 0.968 bits per heavy atom.